The molecule has 3 aromatic rings. The number of rotatable bonds is 5. The summed E-state index contributed by atoms with van der Waals surface area (Å²) >= 11 is 0. The van der Waals surface area contributed by atoms with Gasteiger partial charge in [-0.25, -0.2) is 9.78 Å². The van der Waals surface area contributed by atoms with Gasteiger partial charge in [-0.3, -0.25) is 4.57 Å². The first-order valence-corrected chi connectivity index (χ1v) is 14.5. The van der Waals surface area contributed by atoms with Crippen molar-refractivity contribution in [2.75, 3.05) is 5.73 Å². The Kier molecular flexibility index (Phi) is 6.41. The van der Waals surface area contributed by atoms with Gasteiger partial charge in [-0.2, -0.15) is 14.4 Å². The van der Waals surface area contributed by atoms with Crippen LogP contribution in [0.25, 0.3) is 11.2 Å². The molecule has 11 heteroatoms. The van der Waals surface area contributed by atoms with E-state index in [2.05, 4.69) is 54.7 Å². The number of ether oxygens (including phenoxy) is 2. The van der Waals surface area contributed by atoms with Gasteiger partial charge in [0.2, 0.25) is 0 Å². The molecule has 0 radical (unpaired) electrons. The van der Waals surface area contributed by atoms with Crippen LogP contribution in [0.2, 0.25) is 18.1 Å². The average Bonchev–Trinajstić information content (AvgIpc) is 3.35. The van der Waals surface area contributed by atoms with Crippen molar-refractivity contribution in [3.8, 4) is 12.3 Å². The van der Waals surface area contributed by atoms with E-state index in [0.717, 1.165) is 5.56 Å². The van der Waals surface area contributed by atoms with E-state index < -0.39 is 38.5 Å². The first-order valence-electron chi connectivity index (χ1n) is 11.6. The van der Waals surface area contributed by atoms with Crippen molar-refractivity contribution >= 4 is 31.3 Å². The Morgan fingerprint density at radius 2 is 2.03 bits per heavy atom. The van der Waals surface area contributed by atoms with Gasteiger partial charge in [-0.1, -0.05) is 39.0 Å². The number of halogens is 1. The number of anilines is 1. The second kappa shape index (κ2) is 8.96. The number of esters is 1. The fraction of sp³-hybridized carbons (Fsp3) is 0.440. The number of nitrogens with two attached hydrogens (primary N) is 1. The van der Waals surface area contributed by atoms with Crippen LogP contribution >= 0.6 is 0 Å². The van der Waals surface area contributed by atoms with E-state index >= 15 is 0 Å². The highest BCUT2D eigenvalue weighted by molar-refractivity contribution is 6.74. The lowest BCUT2D eigenvalue weighted by Crippen LogP contribution is -2.52. The van der Waals surface area contributed by atoms with Gasteiger partial charge in [0.1, 0.15) is 12.3 Å². The molecule has 0 saturated carbocycles. The number of nitrogen functional groups attached to an aromatic ring is 1. The molecule has 0 amide bonds. The van der Waals surface area contributed by atoms with E-state index in [9.17, 15) is 9.18 Å². The Morgan fingerprint density at radius 3 is 2.67 bits per heavy atom. The van der Waals surface area contributed by atoms with Crippen molar-refractivity contribution in [3.05, 3.63) is 47.8 Å². The normalized spacial score (nSPS) is 22.5. The van der Waals surface area contributed by atoms with Crippen LogP contribution in [0.15, 0.2) is 30.6 Å². The van der Waals surface area contributed by atoms with Crippen molar-refractivity contribution in [2.45, 2.75) is 70.4 Å². The number of terminal acetylenes is 1. The van der Waals surface area contributed by atoms with Crippen LogP contribution in [0.4, 0.5) is 10.2 Å². The highest BCUT2D eigenvalue weighted by Crippen LogP contribution is 2.46. The monoisotopic (exact) mass is 511 g/mol. The van der Waals surface area contributed by atoms with Crippen LogP contribution in [0, 0.1) is 25.3 Å². The molecule has 1 saturated heterocycles. The number of imidazole rings is 1. The standard InChI is InChI=1S/C25H30FN5O4Si/c1-8-25(34-22(32)16-12-10-9-11-15(16)2)17(35-36(6,7)24(3,4)5)13-18(33-25)31-14-28-19-20(27)29-23(26)30-21(19)31/h1,9-12,14,17-18H,13H2,2-7H3,(H2,27,29,30)/t17-,18+,25+/m0/s1. The Morgan fingerprint density at radius 1 is 1.33 bits per heavy atom. The van der Waals surface area contributed by atoms with Gasteiger partial charge < -0.3 is 19.6 Å². The highest BCUT2D eigenvalue weighted by atomic mass is 28.4. The summed E-state index contributed by atoms with van der Waals surface area (Å²) in [5.41, 5.74) is 7.27. The largest absolute Gasteiger partial charge is 0.415 e. The van der Waals surface area contributed by atoms with E-state index in [1.165, 1.54) is 10.9 Å². The molecule has 2 N–H and O–H groups in total. The third-order valence-corrected chi connectivity index (χ3v) is 11.4. The first-order chi connectivity index (χ1) is 16.8. The Labute approximate surface area is 210 Å². The SMILES string of the molecule is C#C[C@]1(OC(=O)c2ccccc2C)O[C@@H](n2cnc3c(N)nc(F)nc32)C[C@@H]1O[Si](C)(C)C(C)(C)C. The Balaban J connectivity index is 1.76. The molecule has 4 rings (SSSR count). The van der Waals surface area contributed by atoms with Crippen molar-refractivity contribution in [2.24, 2.45) is 0 Å². The minimum absolute atomic E-state index is 0.0995. The number of carbonyl (C=O) groups excluding carboxylic acids is 1. The van der Waals surface area contributed by atoms with Crippen molar-refractivity contribution in [1.82, 2.24) is 19.5 Å². The predicted molar refractivity (Wildman–Crippen MR) is 135 cm³/mol. The number of aryl methyl sites for hydroxylation is 1. The van der Waals surface area contributed by atoms with Crippen molar-refractivity contribution < 1.29 is 23.1 Å². The van der Waals surface area contributed by atoms with Gasteiger partial charge in [-0.05, 0) is 42.6 Å². The lowest BCUT2D eigenvalue weighted by molar-refractivity contribution is -0.195. The summed E-state index contributed by atoms with van der Waals surface area (Å²) in [6, 6.07) is 7.02. The molecule has 9 nitrogen and oxygen atoms in total. The lowest BCUT2D eigenvalue weighted by atomic mass is 10.1. The number of fused-ring (bicyclic) bond motifs is 1. The van der Waals surface area contributed by atoms with Crippen LogP contribution in [0.1, 0.15) is 49.3 Å². The molecule has 3 atom stereocenters. The molecule has 0 unspecified atom stereocenters. The third kappa shape index (κ3) is 4.47. The highest BCUT2D eigenvalue weighted by Gasteiger charge is 2.56. The molecule has 1 aliphatic rings. The minimum Gasteiger partial charge on any atom is -0.415 e. The van der Waals surface area contributed by atoms with E-state index in [4.69, 9.17) is 26.1 Å². The Bertz CT molecular complexity index is 1360. The minimum atomic E-state index is -2.40. The maximum Gasteiger partial charge on any atom is 0.341 e. The summed E-state index contributed by atoms with van der Waals surface area (Å²) in [6.07, 6.45) is 4.98. The van der Waals surface area contributed by atoms with Gasteiger partial charge >= 0.3 is 17.8 Å². The molecule has 3 heterocycles. The maximum absolute atomic E-state index is 14.0. The molecule has 1 fully saturated rings. The molecular formula is C25H30FN5O4Si. The van der Waals surface area contributed by atoms with Gasteiger partial charge in [-0.15, -0.1) is 6.42 Å². The molecule has 0 aliphatic carbocycles. The van der Waals surface area contributed by atoms with Crippen LogP contribution in [0.3, 0.4) is 0 Å². The summed E-state index contributed by atoms with van der Waals surface area (Å²) in [5, 5.41) is -0.155. The van der Waals surface area contributed by atoms with Crippen molar-refractivity contribution in [3.63, 3.8) is 0 Å². The maximum atomic E-state index is 14.0. The van der Waals surface area contributed by atoms with E-state index in [-0.39, 0.29) is 28.4 Å². The zero-order valence-electron chi connectivity index (χ0n) is 21.2. The fourth-order valence-electron chi connectivity index (χ4n) is 3.86. The second-order valence-corrected chi connectivity index (χ2v) is 15.1. The zero-order chi connectivity index (χ0) is 26.5. The molecule has 0 spiro atoms. The smallest absolute Gasteiger partial charge is 0.341 e. The van der Waals surface area contributed by atoms with Gasteiger partial charge in [0.05, 0.1) is 11.9 Å². The summed E-state index contributed by atoms with van der Waals surface area (Å²) in [5.74, 6) is -0.0239. The third-order valence-electron chi connectivity index (χ3n) is 6.94. The quantitative estimate of drug-likeness (QED) is 0.233. The molecule has 190 valence electrons. The number of carbonyl (C=O) groups is 1. The second-order valence-electron chi connectivity index (χ2n) is 10.4. The van der Waals surface area contributed by atoms with E-state index in [0.29, 0.717) is 5.56 Å². The lowest BCUT2D eigenvalue weighted by Gasteiger charge is -2.40. The molecule has 2 aromatic heterocycles. The molecule has 36 heavy (non-hydrogen) atoms. The van der Waals surface area contributed by atoms with Crippen LogP contribution in [0.5, 0.6) is 0 Å². The van der Waals surface area contributed by atoms with E-state index in [1.54, 1.807) is 25.1 Å². The number of aromatic nitrogens is 4. The van der Waals surface area contributed by atoms with Crippen LogP contribution in [-0.4, -0.2) is 45.7 Å². The summed E-state index contributed by atoms with van der Waals surface area (Å²) in [4.78, 5) is 24.8. The molecule has 1 aliphatic heterocycles. The summed E-state index contributed by atoms with van der Waals surface area (Å²) < 4.78 is 34.3. The molecule has 0 bridgehead atoms. The average molecular weight is 512 g/mol. The zero-order valence-corrected chi connectivity index (χ0v) is 22.2. The number of benzene rings is 1. The van der Waals surface area contributed by atoms with Gasteiger partial charge in [0.25, 0.3) is 0 Å². The number of hydrogen-bond acceptors (Lipinski definition) is 8. The van der Waals surface area contributed by atoms with Gasteiger partial charge in [0.15, 0.2) is 25.3 Å². The summed E-state index contributed by atoms with van der Waals surface area (Å²) in [7, 11) is -2.40. The molecular weight excluding hydrogens is 481 g/mol. The van der Waals surface area contributed by atoms with Crippen LogP contribution in [-0.2, 0) is 13.9 Å². The predicted octanol–water partition coefficient (Wildman–Crippen LogP) is 4.35. The van der Waals surface area contributed by atoms with Crippen molar-refractivity contribution in [1.29, 1.82) is 0 Å². The number of nitrogens with zero attached hydrogens (tertiary/aromatic N) is 4. The number of hydrogen-bond donors (Lipinski definition) is 1. The summed E-state index contributed by atoms with van der Waals surface area (Å²) in [6.45, 7) is 12.2. The fourth-order valence-corrected chi connectivity index (χ4v) is 5.17. The first kappa shape index (κ1) is 25.8. The van der Waals surface area contributed by atoms with Crippen LogP contribution < -0.4 is 5.73 Å². The van der Waals surface area contributed by atoms with E-state index in [1.807, 2.05) is 6.07 Å². The van der Waals surface area contributed by atoms with Gasteiger partial charge in [0, 0.05) is 6.42 Å². The Hall–Kier alpha value is -3.33. The topological polar surface area (TPSA) is 114 Å². The molecule has 1 aromatic carbocycles.